The fourth-order valence-electron chi connectivity index (χ4n) is 4.70. The first-order valence-corrected chi connectivity index (χ1v) is 10.3. The molecule has 0 heterocycles. The Labute approximate surface area is 177 Å². The van der Waals surface area contributed by atoms with E-state index in [1.807, 2.05) is 19.1 Å². The molecule has 4 rings (SSSR count). The van der Waals surface area contributed by atoms with Gasteiger partial charge in [-0.15, -0.1) is 0 Å². The Morgan fingerprint density at radius 3 is 2.50 bits per heavy atom. The Balaban J connectivity index is 1.80. The van der Waals surface area contributed by atoms with Crippen LogP contribution in [0, 0.1) is 0 Å². The van der Waals surface area contributed by atoms with Crippen LogP contribution in [0.5, 0.6) is 0 Å². The summed E-state index contributed by atoms with van der Waals surface area (Å²) in [7, 11) is 1.66. The van der Waals surface area contributed by atoms with Crippen molar-refractivity contribution in [3.8, 4) is 0 Å². The molecule has 0 aromatic heterocycles. The van der Waals surface area contributed by atoms with E-state index in [2.05, 4.69) is 50.2 Å². The van der Waals surface area contributed by atoms with Gasteiger partial charge in [-0.05, 0) is 58.4 Å². The molecule has 0 spiro atoms. The second-order valence-electron chi connectivity index (χ2n) is 8.77. The highest BCUT2D eigenvalue weighted by Crippen LogP contribution is 2.51. The van der Waals surface area contributed by atoms with Crippen LogP contribution in [0.4, 0.5) is 0 Å². The van der Waals surface area contributed by atoms with Gasteiger partial charge in [0.05, 0.1) is 11.7 Å². The Morgan fingerprint density at radius 1 is 1.07 bits per heavy atom. The van der Waals surface area contributed by atoms with Crippen LogP contribution < -0.4 is 0 Å². The summed E-state index contributed by atoms with van der Waals surface area (Å²) < 4.78 is 11.8. The molecule has 1 aliphatic rings. The van der Waals surface area contributed by atoms with E-state index < -0.39 is 5.97 Å². The molecule has 0 saturated carbocycles. The molecule has 3 aromatic rings. The van der Waals surface area contributed by atoms with Gasteiger partial charge in [0.2, 0.25) is 0 Å². The Hall–Kier alpha value is -2.69. The molecule has 0 bridgehead atoms. The van der Waals surface area contributed by atoms with E-state index >= 15 is 0 Å². The van der Waals surface area contributed by atoms with Crippen molar-refractivity contribution < 1.29 is 19.4 Å². The number of hydrogen-bond acceptors (Lipinski definition) is 3. The monoisotopic (exact) mass is 404 g/mol. The summed E-state index contributed by atoms with van der Waals surface area (Å²) in [5.41, 5.74) is 4.05. The highest BCUT2D eigenvalue weighted by Gasteiger charge is 2.41. The highest BCUT2D eigenvalue weighted by atomic mass is 16.7. The predicted molar refractivity (Wildman–Crippen MR) is 118 cm³/mol. The van der Waals surface area contributed by atoms with Gasteiger partial charge in [-0.3, -0.25) is 0 Å². The van der Waals surface area contributed by atoms with Crippen molar-refractivity contribution >= 4 is 16.7 Å². The van der Waals surface area contributed by atoms with Gasteiger partial charge in [-0.2, -0.15) is 0 Å². The van der Waals surface area contributed by atoms with Crippen molar-refractivity contribution in [2.75, 3.05) is 7.11 Å². The average molecular weight is 405 g/mol. The van der Waals surface area contributed by atoms with Crippen LogP contribution in [0.15, 0.2) is 60.7 Å². The Morgan fingerprint density at radius 2 is 1.77 bits per heavy atom. The fourth-order valence-corrected chi connectivity index (χ4v) is 4.70. The average Bonchev–Trinajstić information content (AvgIpc) is 2.74. The smallest absolute Gasteiger partial charge is 0.335 e. The van der Waals surface area contributed by atoms with Gasteiger partial charge in [-0.25, -0.2) is 4.79 Å². The molecule has 30 heavy (non-hydrogen) atoms. The second kappa shape index (κ2) is 7.86. The van der Waals surface area contributed by atoms with Crippen LogP contribution in [0.2, 0.25) is 0 Å². The standard InChI is InChI=1S/C26H28O4/c1-16(29-4)30-24-21-7-5-6-8-23(21)26(2,3)15-22(24)19-11-9-18-14-20(25(27)28)12-10-17(18)13-19/h5-14,16,22,24H,15H2,1-4H3,(H,27,28). The van der Waals surface area contributed by atoms with E-state index in [0.29, 0.717) is 5.56 Å². The molecule has 4 nitrogen and oxygen atoms in total. The summed E-state index contributed by atoms with van der Waals surface area (Å²) in [6.45, 7) is 6.50. The summed E-state index contributed by atoms with van der Waals surface area (Å²) in [5, 5.41) is 11.2. The van der Waals surface area contributed by atoms with Gasteiger partial charge in [0.1, 0.15) is 0 Å². The maximum Gasteiger partial charge on any atom is 0.335 e. The largest absolute Gasteiger partial charge is 0.478 e. The molecule has 1 aliphatic carbocycles. The van der Waals surface area contributed by atoms with Crippen molar-refractivity contribution in [2.45, 2.75) is 50.9 Å². The Bertz CT molecular complexity index is 1090. The SMILES string of the molecule is COC(C)OC1c2ccccc2C(C)(C)CC1c1ccc2cc(C(=O)O)ccc2c1. The first-order valence-electron chi connectivity index (χ1n) is 10.3. The third-order valence-corrected chi connectivity index (χ3v) is 6.30. The number of carboxylic acid groups (broad SMARTS) is 1. The predicted octanol–water partition coefficient (Wildman–Crippen LogP) is 6.05. The lowest BCUT2D eigenvalue weighted by atomic mass is 9.65. The van der Waals surface area contributed by atoms with E-state index in [9.17, 15) is 9.90 Å². The summed E-state index contributed by atoms with van der Waals surface area (Å²) in [6, 6.07) is 20.1. The molecule has 0 aliphatic heterocycles. The third-order valence-electron chi connectivity index (χ3n) is 6.30. The summed E-state index contributed by atoms with van der Waals surface area (Å²) >= 11 is 0. The van der Waals surface area contributed by atoms with Crippen LogP contribution in [0.1, 0.15) is 66.3 Å². The zero-order valence-corrected chi connectivity index (χ0v) is 17.9. The number of carboxylic acids is 1. The van der Waals surface area contributed by atoms with E-state index in [-0.39, 0.29) is 23.7 Å². The number of carbonyl (C=O) groups is 1. The second-order valence-corrected chi connectivity index (χ2v) is 8.77. The first kappa shape index (κ1) is 20.6. The lowest BCUT2D eigenvalue weighted by Gasteiger charge is -2.43. The minimum atomic E-state index is -0.909. The van der Waals surface area contributed by atoms with Crippen LogP contribution >= 0.6 is 0 Å². The zero-order valence-electron chi connectivity index (χ0n) is 17.9. The molecule has 4 heteroatoms. The van der Waals surface area contributed by atoms with E-state index in [4.69, 9.17) is 9.47 Å². The van der Waals surface area contributed by atoms with Gasteiger partial charge in [0, 0.05) is 13.0 Å². The number of aromatic carboxylic acids is 1. The van der Waals surface area contributed by atoms with Gasteiger partial charge in [-0.1, -0.05) is 62.4 Å². The molecule has 0 amide bonds. The number of benzene rings is 3. The molecule has 3 atom stereocenters. The number of ether oxygens (including phenoxy) is 2. The maximum atomic E-state index is 11.3. The molecule has 156 valence electrons. The van der Waals surface area contributed by atoms with Crippen LogP contribution in [0.3, 0.4) is 0 Å². The van der Waals surface area contributed by atoms with Crippen molar-refractivity contribution in [1.29, 1.82) is 0 Å². The van der Waals surface area contributed by atoms with E-state index in [1.165, 1.54) is 16.7 Å². The first-order chi connectivity index (χ1) is 14.3. The summed E-state index contributed by atoms with van der Waals surface area (Å²) in [4.78, 5) is 11.3. The van der Waals surface area contributed by atoms with Crippen LogP contribution in [0.25, 0.3) is 10.8 Å². The summed E-state index contributed by atoms with van der Waals surface area (Å²) in [6.07, 6.45) is 0.523. The lowest BCUT2D eigenvalue weighted by Crippen LogP contribution is -2.34. The van der Waals surface area contributed by atoms with Crippen molar-refractivity contribution in [2.24, 2.45) is 0 Å². The molecule has 0 fully saturated rings. The molecule has 0 saturated heterocycles. The normalized spacial score (nSPS) is 21.2. The zero-order chi connectivity index (χ0) is 21.5. The fraction of sp³-hybridized carbons (Fsp3) is 0.346. The molecule has 0 radical (unpaired) electrons. The van der Waals surface area contributed by atoms with Gasteiger partial charge >= 0.3 is 5.97 Å². The molecule has 1 N–H and O–H groups in total. The van der Waals surface area contributed by atoms with Crippen molar-refractivity contribution in [3.05, 3.63) is 82.9 Å². The van der Waals surface area contributed by atoms with E-state index in [0.717, 1.165) is 17.2 Å². The third kappa shape index (κ3) is 3.73. The summed E-state index contributed by atoms with van der Waals surface area (Å²) in [5.74, 6) is -0.746. The highest BCUT2D eigenvalue weighted by molar-refractivity contribution is 5.94. The van der Waals surface area contributed by atoms with Crippen LogP contribution in [-0.4, -0.2) is 24.5 Å². The Kier molecular flexibility index (Phi) is 5.39. The van der Waals surface area contributed by atoms with Crippen molar-refractivity contribution in [3.63, 3.8) is 0 Å². The minimum Gasteiger partial charge on any atom is -0.478 e. The van der Waals surface area contributed by atoms with Gasteiger partial charge in [0.15, 0.2) is 6.29 Å². The van der Waals surface area contributed by atoms with E-state index in [1.54, 1.807) is 19.2 Å². The van der Waals surface area contributed by atoms with Crippen LogP contribution in [-0.2, 0) is 14.9 Å². The van der Waals surface area contributed by atoms with Gasteiger partial charge in [0.25, 0.3) is 0 Å². The number of fused-ring (bicyclic) bond motifs is 2. The number of methoxy groups -OCH3 is 1. The van der Waals surface area contributed by atoms with Gasteiger partial charge < -0.3 is 14.6 Å². The molecule has 3 unspecified atom stereocenters. The molecular formula is C26H28O4. The maximum absolute atomic E-state index is 11.3. The molecular weight excluding hydrogens is 376 g/mol. The van der Waals surface area contributed by atoms with Crippen molar-refractivity contribution in [1.82, 2.24) is 0 Å². The number of hydrogen-bond donors (Lipinski definition) is 1. The lowest BCUT2D eigenvalue weighted by molar-refractivity contribution is -0.156. The minimum absolute atomic E-state index is 0.0134. The number of rotatable bonds is 5. The quantitative estimate of drug-likeness (QED) is 0.526. The molecule has 3 aromatic carbocycles. The topological polar surface area (TPSA) is 55.8 Å².